The highest BCUT2D eigenvalue weighted by atomic mass is 19.3. The summed E-state index contributed by atoms with van der Waals surface area (Å²) in [5.74, 6) is 0.705. The summed E-state index contributed by atoms with van der Waals surface area (Å²) in [6.45, 7) is 7.20. The van der Waals surface area contributed by atoms with Gasteiger partial charge in [-0.05, 0) is 38.4 Å². The number of nitrogens with one attached hydrogen (secondary N) is 1. The summed E-state index contributed by atoms with van der Waals surface area (Å²) in [4.78, 5) is 2.30. The fourth-order valence-corrected chi connectivity index (χ4v) is 2.13. The lowest BCUT2D eigenvalue weighted by molar-refractivity contribution is 0.0112. The smallest absolute Gasteiger partial charge is 0.261 e. The third-order valence-electron chi connectivity index (χ3n) is 3.03. The molecule has 0 aromatic carbocycles. The quantitative estimate of drug-likeness (QED) is 0.629. The van der Waals surface area contributed by atoms with Crippen LogP contribution in [0.15, 0.2) is 0 Å². The second-order valence-corrected chi connectivity index (χ2v) is 4.63. The van der Waals surface area contributed by atoms with Crippen molar-refractivity contribution in [2.75, 3.05) is 45.9 Å². The van der Waals surface area contributed by atoms with E-state index in [1.807, 2.05) is 0 Å². The number of halogens is 2. The van der Waals surface area contributed by atoms with Crippen molar-refractivity contribution in [1.82, 2.24) is 10.2 Å². The van der Waals surface area contributed by atoms with Crippen LogP contribution in [0.3, 0.4) is 0 Å². The largest absolute Gasteiger partial charge is 0.374 e. The second-order valence-electron chi connectivity index (χ2n) is 4.63. The molecule has 1 N–H and O–H groups in total. The van der Waals surface area contributed by atoms with Crippen LogP contribution in [0.1, 0.15) is 19.8 Å². The van der Waals surface area contributed by atoms with Crippen molar-refractivity contribution >= 4 is 0 Å². The predicted molar refractivity (Wildman–Crippen MR) is 64.5 cm³/mol. The van der Waals surface area contributed by atoms with Crippen LogP contribution in [0.5, 0.6) is 0 Å². The molecule has 1 fully saturated rings. The molecule has 5 heteroatoms. The summed E-state index contributed by atoms with van der Waals surface area (Å²) in [6, 6.07) is 0. The average Bonchev–Trinajstić information content (AvgIpc) is 2.73. The Bertz CT molecular complexity index is 193. The van der Waals surface area contributed by atoms with Gasteiger partial charge in [-0.1, -0.05) is 6.92 Å². The van der Waals surface area contributed by atoms with Crippen molar-refractivity contribution in [1.29, 1.82) is 0 Å². The van der Waals surface area contributed by atoms with Gasteiger partial charge in [0.1, 0.15) is 6.61 Å². The van der Waals surface area contributed by atoms with Crippen LogP contribution in [-0.2, 0) is 4.74 Å². The van der Waals surface area contributed by atoms with E-state index in [0.29, 0.717) is 12.5 Å². The van der Waals surface area contributed by atoms with Crippen molar-refractivity contribution in [3.8, 4) is 0 Å². The molecular formula is C12H24F2N2O. The van der Waals surface area contributed by atoms with Crippen molar-refractivity contribution < 1.29 is 13.5 Å². The molecule has 1 aliphatic rings. The van der Waals surface area contributed by atoms with Gasteiger partial charge in [0.2, 0.25) is 0 Å². The summed E-state index contributed by atoms with van der Waals surface area (Å²) in [5.41, 5.74) is 0. The molecule has 1 saturated heterocycles. The molecule has 0 bridgehead atoms. The third-order valence-corrected chi connectivity index (χ3v) is 3.03. The Hall–Kier alpha value is -0.260. The summed E-state index contributed by atoms with van der Waals surface area (Å²) >= 11 is 0. The molecule has 1 heterocycles. The van der Waals surface area contributed by atoms with Gasteiger partial charge in [-0.25, -0.2) is 8.78 Å². The van der Waals surface area contributed by atoms with Gasteiger partial charge in [0.15, 0.2) is 0 Å². The lowest BCUT2D eigenvalue weighted by atomic mass is 10.1. The molecule has 0 radical (unpaired) electrons. The number of hydrogen-bond donors (Lipinski definition) is 1. The molecule has 0 saturated carbocycles. The molecule has 1 rings (SSSR count). The molecule has 0 amide bonds. The maximum atomic E-state index is 11.8. The lowest BCUT2D eigenvalue weighted by Gasteiger charge is -2.16. The zero-order valence-corrected chi connectivity index (χ0v) is 10.6. The minimum atomic E-state index is -2.35. The normalized spacial score (nSPS) is 21.5. The molecule has 1 aliphatic heterocycles. The van der Waals surface area contributed by atoms with E-state index in [1.54, 1.807) is 0 Å². The molecule has 0 aromatic rings. The molecule has 17 heavy (non-hydrogen) atoms. The van der Waals surface area contributed by atoms with Gasteiger partial charge in [-0.3, -0.25) is 0 Å². The number of ether oxygens (including phenoxy) is 1. The number of rotatable bonds is 9. The van der Waals surface area contributed by atoms with Gasteiger partial charge in [0, 0.05) is 13.1 Å². The van der Waals surface area contributed by atoms with E-state index in [9.17, 15) is 8.78 Å². The highest BCUT2D eigenvalue weighted by Gasteiger charge is 2.21. The topological polar surface area (TPSA) is 24.5 Å². The summed E-state index contributed by atoms with van der Waals surface area (Å²) in [6.07, 6.45) is 0.0169. The maximum absolute atomic E-state index is 11.8. The number of alkyl halides is 2. The standard InChI is InChI=1S/C12H24F2N2O/c1-2-4-15-8-11-3-5-16(9-11)6-7-17-10-12(13)14/h11-12,15H,2-10H2,1H3. The molecule has 1 unspecified atom stereocenters. The van der Waals surface area contributed by atoms with E-state index in [4.69, 9.17) is 4.74 Å². The fraction of sp³-hybridized carbons (Fsp3) is 1.00. The zero-order valence-electron chi connectivity index (χ0n) is 10.6. The van der Waals surface area contributed by atoms with Crippen LogP contribution in [-0.4, -0.2) is 57.3 Å². The first-order valence-electron chi connectivity index (χ1n) is 6.51. The molecule has 0 spiro atoms. The van der Waals surface area contributed by atoms with E-state index in [-0.39, 0.29) is 0 Å². The van der Waals surface area contributed by atoms with Gasteiger partial charge in [-0.15, -0.1) is 0 Å². The van der Waals surface area contributed by atoms with Crippen molar-refractivity contribution in [3.63, 3.8) is 0 Å². The monoisotopic (exact) mass is 250 g/mol. The molecule has 1 atom stereocenters. The average molecular weight is 250 g/mol. The molecule has 3 nitrogen and oxygen atoms in total. The molecule has 0 aromatic heterocycles. The Morgan fingerprint density at radius 3 is 3.00 bits per heavy atom. The SMILES string of the molecule is CCCNCC1CCN(CCOCC(F)F)C1. The highest BCUT2D eigenvalue weighted by molar-refractivity contribution is 4.76. The summed E-state index contributed by atoms with van der Waals surface area (Å²) in [7, 11) is 0. The highest BCUT2D eigenvalue weighted by Crippen LogP contribution is 2.14. The Morgan fingerprint density at radius 2 is 2.29 bits per heavy atom. The van der Waals surface area contributed by atoms with Crippen LogP contribution >= 0.6 is 0 Å². The van der Waals surface area contributed by atoms with Gasteiger partial charge in [0.05, 0.1) is 6.61 Å². The molecular weight excluding hydrogens is 226 g/mol. The number of hydrogen-bond acceptors (Lipinski definition) is 3. The predicted octanol–water partition coefficient (Wildman–Crippen LogP) is 1.59. The Morgan fingerprint density at radius 1 is 1.47 bits per heavy atom. The molecule has 102 valence electrons. The van der Waals surface area contributed by atoms with Gasteiger partial charge < -0.3 is 15.0 Å². The first-order valence-corrected chi connectivity index (χ1v) is 6.51. The Labute approximate surface area is 103 Å². The summed E-state index contributed by atoms with van der Waals surface area (Å²) < 4.78 is 28.5. The molecule has 0 aliphatic carbocycles. The van der Waals surface area contributed by atoms with Crippen LogP contribution in [0.25, 0.3) is 0 Å². The minimum Gasteiger partial charge on any atom is -0.374 e. The van der Waals surface area contributed by atoms with Crippen LogP contribution in [0.2, 0.25) is 0 Å². The van der Waals surface area contributed by atoms with E-state index >= 15 is 0 Å². The summed E-state index contributed by atoms with van der Waals surface area (Å²) in [5, 5.41) is 3.42. The van der Waals surface area contributed by atoms with Crippen LogP contribution in [0.4, 0.5) is 8.78 Å². The van der Waals surface area contributed by atoms with Crippen LogP contribution < -0.4 is 5.32 Å². The van der Waals surface area contributed by atoms with Crippen molar-refractivity contribution in [2.45, 2.75) is 26.2 Å². The zero-order chi connectivity index (χ0) is 12.5. The van der Waals surface area contributed by atoms with Crippen LogP contribution in [0, 0.1) is 5.92 Å². The van der Waals surface area contributed by atoms with Crippen molar-refractivity contribution in [2.24, 2.45) is 5.92 Å². The van der Waals surface area contributed by atoms with Crippen molar-refractivity contribution in [3.05, 3.63) is 0 Å². The second kappa shape index (κ2) is 8.78. The van der Waals surface area contributed by atoms with E-state index in [2.05, 4.69) is 17.1 Å². The van der Waals surface area contributed by atoms with E-state index < -0.39 is 13.0 Å². The van der Waals surface area contributed by atoms with Gasteiger partial charge in [0.25, 0.3) is 6.43 Å². The van der Waals surface area contributed by atoms with Gasteiger partial charge in [-0.2, -0.15) is 0 Å². The lowest BCUT2D eigenvalue weighted by Crippen LogP contribution is -2.29. The third kappa shape index (κ3) is 6.91. The van der Waals surface area contributed by atoms with Gasteiger partial charge >= 0.3 is 0 Å². The number of likely N-dealkylation sites (tertiary alicyclic amines) is 1. The maximum Gasteiger partial charge on any atom is 0.261 e. The first-order chi connectivity index (χ1) is 8.22. The Kier molecular flexibility index (Phi) is 7.64. The number of nitrogens with zero attached hydrogens (tertiary/aromatic N) is 1. The first kappa shape index (κ1) is 14.8. The Balaban J connectivity index is 1.97. The fourth-order valence-electron chi connectivity index (χ4n) is 2.13. The van der Waals surface area contributed by atoms with E-state index in [0.717, 1.165) is 39.1 Å². The van der Waals surface area contributed by atoms with E-state index in [1.165, 1.54) is 6.42 Å². The minimum absolute atomic E-state index is 0.416.